The van der Waals surface area contributed by atoms with E-state index in [0.29, 0.717) is 6.42 Å². The molecule has 2 aromatic rings. The van der Waals surface area contributed by atoms with Crippen molar-refractivity contribution >= 4 is 0 Å². The summed E-state index contributed by atoms with van der Waals surface area (Å²) in [5.74, 6) is 1.06. The van der Waals surface area contributed by atoms with Crippen molar-refractivity contribution in [2.45, 2.75) is 37.9 Å². The lowest BCUT2D eigenvalue weighted by molar-refractivity contribution is -0.00670. The molecule has 2 N–H and O–H groups in total. The first-order chi connectivity index (χ1) is 10.1. The number of phenols is 1. The molecule has 1 unspecified atom stereocenters. The summed E-state index contributed by atoms with van der Waals surface area (Å²) in [6.07, 6.45) is 1.80. The fourth-order valence-corrected chi connectivity index (χ4v) is 2.90. The maximum absolute atomic E-state index is 10.3. The maximum Gasteiger partial charge on any atom is 0.125 e. The molecule has 0 spiro atoms. The molecule has 0 bridgehead atoms. The van der Waals surface area contributed by atoms with Crippen LogP contribution in [0.2, 0.25) is 0 Å². The molecule has 0 saturated carbocycles. The number of aryl methyl sites for hydroxylation is 1. The summed E-state index contributed by atoms with van der Waals surface area (Å²) in [7, 11) is 0. The summed E-state index contributed by atoms with van der Waals surface area (Å²) in [5, 5.41) is 19.6. The summed E-state index contributed by atoms with van der Waals surface area (Å²) >= 11 is 0. The van der Waals surface area contributed by atoms with Crippen molar-refractivity contribution in [3.05, 3.63) is 59.7 Å². The highest BCUT2D eigenvalue weighted by molar-refractivity contribution is 5.38. The second-order valence-electron chi connectivity index (χ2n) is 5.98. The zero-order valence-electron chi connectivity index (χ0n) is 12.1. The minimum Gasteiger partial charge on any atom is -0.508 e. The van der Waals surface area contributed by atoms with Gasteiger partial charge in [0.15, 0.2) is 0 Å². The van der Waals surface area contributed by atoms with E-state index in [1.54, 1.807) is 12.1 Å². The van der Waals surface area contributed by atoms with Crippen LogP contribution < -0.4 is 4.74 Å². The van der Waals surface area contributed by atoms with Crippen LogP contribution in [0.25, 0.3) is 0 Å². The van der Waals surface area contributed by atoms with Gasteiger partial charge >= 0.3 is 0 Å². The van der Waals surface area contributed by atoms with Gasteiger partial charge in [-0.3, -0.25) is 0 Å². The minimum absolute atomic E-state index is 0.281. The Labute approximate surface area is 124 Å². The fourth-order valence-electron chi connectivity index (χ4n) is 2.90. The standard InChI is InChI=1S/C18H20O3/c1-18(11-10-13-6-8-14(19)9-7-13)12-16(20)15-4-2-3-5-17(15)21-18/h2-9,16,19-20H,10-12H2,1H3/t16-,18?/m1/s1. The third kappa shape index (κ3) is 3.03. The van der Waals surface area contributed by atoms with Crippen molar-refractivity contribution in [1.82, 2.24) is 0 Å². The van der Waals surface area contributed by atoms with E-state index in [-0.39, 0.29) is 11.4 Å². The minimum atomic E-state index is -0.472. The van der Waals surface area contributed by atoms with E-state index in [4.69, 9.17) is 4.74 Å². The van der Waals surface area contributed by atoms with Gasteiger partial charge in [0.1, 0.15) is 17.1 Å². The lowest BCUT2D eigenvalue weighted by Crippen LogP contribution is -2.38. The number of hydrogen-bond acceptors (Lipinski definition) is 3. The predicted octanol–water partition coefficient (Wildman–Crippen LogP) is 3.60. The van der Waals surface area contributed by atoms with Gasteiger partial charge in [0.05, 0.1) is 6.10 Å². The van der Waals surface area contributed by atoms with Crippen LogP contribution in [0.5, 0.6) is 11.5 Å². The Morgan fingerprint density at radius 2 is 1.86 bits per heavy atom. The van der Waals surface area contributed by atoms with Gasteiger partial charge in [0.25, 0.3) is 0 Å². The van der Waals surface area contributed by atoms with Gasteiger partial charge in [-0.05, 0) is 43.5 Å². The van der Waals surface area contributed by atoms with E-state index in [1.807, 2.05) is 43.3 Å². The van der Waals surface area contributed by atoms with E-state index < -0.39 is 6.10 Å². The predicted molar refractivity (Wildman–Crippen MR) is 81.5 cm³/mol. The van der Waals surface area contributed by atoms with Crippen molar-refractivity contribution in [3.63, 3.8) is 0 Å². The average molecular weight is 284 g/mol. The molecule has 2 aromatic carbocycles. The molecule has 0 aromatic heterocycles. The number of aliphatic hydroxyl groups excluding tert-OH is 1. The Bertz CT molecular complexity index is 621. The summed E-state index contributed by atoms with van der Waals surface area (Å²) in [4.78, 5) is 0. The number of rotatable bonds is 3. The molecule has 0 saturated heterocycles. The van der Waals surface area contributed by atoms with Crippen molar-refractivity contribution in [2.75, 3.05) is 0 Å². The first-order valence-corrected chi connectivity index (χ1v) is 7.30. The number of aliphatic hydroxyl groups is 1. The van der Waals surface area contributed by atoms with Gasteiger partial charge in [0, 0.05) is 12.0 Å². The molecule has 1 aliphatic heterocycles. The second kappa shape index (κ2) is 5.41. The van der Waals surface area contributed by atoms with Crippen LogP contribution in [-0.4, -0.2) is 15.8 Å². The van der Waals surface area contributed by atoms with Crippen LogP contribution in [0.4, 0.5) is 0 Å². The summed E-state index contributed by atoms with van der Waals surface area (Å²) in [6, 6.07) is 14.9. The molecular weight excluding hydrogens is 264 g/mol. The van der Waals surface area contributed by atoms with Gasteiger partial charge in [0.2, 0.25) is 0 Å². The van der Waals surface area contributed by atoms with Crippen molar-refractivity contribution in [3.8, 4) is 11.5 Å². The SMILES string of the molecule is CC1(CCc2ccc(O)cc2)C[C@@H](O)c2ccccc2O1. The van der Waals surface area contributed by atoms with E-state index in [0.717, 1.165) is 29.7 Å². The molecule has 0 aliphatic carbocycles. The molecule has 0 amide bonds. The van der Waals surface area contributed by atoms with E-state index >= 15 is 0 Å². The molecule has 21 heavy (non-hydrogen) atoms. The molecule has 110 valence electrons. The highest BCUT2D eigenvalue weighted by Crippen LogP contribution is 2.41. The summed E-state index contributed by atoms with van der Waals surface area (Å²) < 4.78 is 6.13. The number of fused-ring (bicyclic) bond motifs is 1. The zero-order valence-corrected chi connectivity index (χ0v) is 12.1. The molecule has 3 nitrogen and oxygen atoms in total. The molecule has 1 aliphatic rings. The third-order valence-corrected chi connectivity index (χ3v) is 4.14. The monoisotopic (exact) mass is 284 g/mol. The molecule has 0 fully saturated rings. The fraction of sp³-hybridized carbons (Fsp3) is 0.333. The molecule has 0 radical (unpaired) electrons. The highest BCUT2D eigenvalue weighted by Gasteiger charge is 2.35. The number of ether oxygens (including phenoxy) is 1. The van der Waals surface area contributed by atoms with E-state index in [1.165, 1.54) is 0 Å². The number of benzene rings is 2. The van der Waals surface area contributed by atoms with Gasteiger partial charge < -0.3 is 14.9 Å². The molecule has 3 rings (SSSR count). The van der Waals surface area contributed by atoms with Crippen LogP contribution in [0.15, 0.2) is 48.5 Å². The largest absolute Gasteiger partial charge is 0.508 e. The molecule has 1 heterocycles. The average Bonchev–Trinajstić information content (AvgIpc) is 2.47. The Kier molecular flexibility index (Phi) is 3.60. The van der Waals surface area contributed by atoms with Crippen LogP contribution in [0.3, 0.4) is 0 Å². The second-order valence-corrected chi connectivity index (χ2v) is 5.98. The van der Waals surface area contributed by atoms with Crippen molar-refractivity contribution < 1.29 is 14.9 Å². The highest BCUT2D eigenvalue weighted by atomic mass is 16.5. The van der Waals surface area contributed by atoms with Crippen LogP contribution in [0, 0.1) is 0 Å². The number of phenolic OH excluding ortho intramolecular Hbond substituents is 1. The smallest absolute Gasteiger partial charge is 0.125 e. The Balaban J connectivity index is 1.72. The Hall–Kier alpha value is -2.00. The lowest BCUT2D eigenvalue weighted by Gasteiger charge is -2.38. The van der Waals surface area contributed by atoms with E-state index in [2.05, 4.69) is 0 Å². The molecule has 2 atom stereocenters. The number of hydrogen-bond donors (Lipinski definition) is 2. The van der Waals surface area contributed by atoms with Gasteiger partial charge in [-0.1, -0.05) is 30.3 Å². The molecular formula is C18H20O3. The summed E-state index contributed by atoms with van der Waals surface area (Å²) in [5.41, 5.74) is 1.66. The van der Waals surface area contributed by atoms with Gasteiger partial charge in [-0.25, -0.2) is 0 Å². The third-order valence-electron chi connectivity index (χ3n) is 4.14. The summed E-state index contributed by atoms with van der Waals surface area (Å²) in [6.45, 7) is 2.05. The number of para-hydroxylation sites is 1. The Morgan fingerprint density at radius 3 is 2.62 bits per heavy atom. The van der Waals surface area contributed by atoms with Crippen molar-refractivity contribution in [1.29, 1.82) is 0 Å². The normalized spacial score (nSPS) is 24.2. The zero-order chi connectivity index (χ0) is 14.9. The lowest BCUT2D eigenvalue weighted by atomic mass is 9.86. The first kappa shape index (κ1) is 14.0. The first-order valence-electron chi connectivity index (χ1n) is 7.30. The molecule has 3 heteroatoms. The van der Waals surface area contributed by atoms with Crippen LogP contribution in [-0.2, 0) is 6.42 Å². The quantitative estimate of drug-likeness (QED) is 0.905. The topological polar surface area (TPSA) is 49.7 Å². The van der Waals surface area contributed by atoms with E-state index in [9.17, 15) is 10.2 Å². The van der Waals surface area contributed by atoms with Gasteiger partial charge in [-0.15, -0.1) is 0 Å². The van der Waals surface area contributed by atoms with Crippen LogP contribution >= 0.6 is 0 Å². The van der Waals surface area contributed by atoms with Gasteiger partial charge in [-0.2, -0.15) is 0 Å². The number of aromatic hydroxyl groups is 1. The van der Waals surface area contributed by atoms with Crippen LogP contribution in [0.1, 0.15) is 37.0 Å². The maximum atomic E-state index is 10.3. The van der Waals surface area contributed by atoms with Crippen molar-refractivity contribution in [2.24, 2.45) is 0 Å². The Morgan fingerprint density at radius 1 is 1.14 bits per heavy atom.